The average molecular weight is 244 g/mol. The van der Waals surface area contributed by atoms with Crippen LogP contribution in [0.4, 0.5) is 4.39 Å². The Morgan fingerprint density at radius 2 is 2.31 bits per heavy atom. The van der Waals surface area contributed by atoms with Gasteiger partial charge in [0.15, 0.2) is 0 Å². The minimum Gasteiger partial charge on any atom is -0.251 e. The fourth-order valence-electron chi connectivity index (χ4n) is 0.935. The maximum Gasteiger partial charge on any atom is 0.148 e. The van der Waals surface area contributed by atoms with E-state index in [0.29, 0.717) is 5.69 Å². The maximum absolute atomic E-state index is 13.1. The van der Waals surface area contributed by atoms with Crippen molar-refractivity contribution in [3.63, 3.8) is 0 Å². The third kappa shape index (κ3) is 3.27. The lowest BCUT2D eigenvalue weighted by atomic mass is 10.2. The largest absolute Gasteiger partial charge is 0.251 e. The Hall–Kier alpha value is -0.700. The molecule has 0 bridgehead atoms. The first-order valence-electron chi connectivity index (χ1n) is 4.09. The Morgan fingerprint density at radius 1 is 1.54 bits per heavy atom. The van der Waals surface area contributed by atoms with Crippen molar-refractivity contribution in [2.24, 2.45) is 0 Å². The van der Waals surface area contributed by atoms with Crippen molar-refractivity contribution in [2.45, 2.75) is 13.3 Å². The molecule has 0 aromatic carbocycles. The molecular weight excluding hydrogens is 233 g/mol. The zero-order valence-corrected chi connectivity index (χ0v) is 9.01. The predicted octanol–water partition coefficient (Wildman–Crippen LogP) is 3.33. The summed E-state index contributed by atoms with van der Waals surface area (Å²) in [7, 11) is 0. The van der Waals surface area contributed by atoms with Crippen LogP contribution in [0.1, 0.15) is 17.8 Å². The molecule has 0 aliphatic heterocycles. The molecule has 1 aromatic rings. The van der Waals surface area contributed by atoms with Crippen LogP contribution in [0.5, 0.6) is 0 Å². The Balaban J connectivity index is 2.81. The summed E-state index contributed by atoms with van der Waals surface area (Å²) in [5.41, 5.74) is 1.25. The van der Waals surface area contributed by atoms with Gasteiger partial charge in [-0.15, -0.1) is 0 Å². The van der Waals surface area contributed by atoms with Gasteiger partial charge in [0, 0.05) is 11.0 Å². The van der Waals surface area contributed by atoms with Gasteiger partial charge in [-0.25, -0.2) is 4.39 Å². The molecule has 0 unspecified atom stereocenters. The Kier molecular flexibility index (Phi) is 4.09. The molecule has 0 aliphatic carbocycles. The van der Waals surface area contributed by atoms with E-state index in [2.05, 4.69) is 20.9 Å². The third-order valence-corrected chi connectivity index (χ3v) is 2.02. The fourth-order valence-corrected chi connectivity index (χ4v) is 1.20. The third-order valence-electron chi connectivity index (χ3n) is 1.56. The lowest BCUT2D eigenvalue weighted by Crippen LogP contribution is -1.89. The maximum atomic E-state index is 13.1. The van der Waals surface area contributed by atoms with E-state index in [1.165, 1.54) is 6.07 Å². The summed E-state index contributed by atoms with van der Waals surface area (Å²) in [5.74, 6) is -0.267. The summed E-state index contributed by atoms with van der Waals surface area (Å²) in [4.78, 5) is 4.07. The highest BCUT2D eigenvalue weighted by Crippen LogP contribution is 2.07. The summed E-state index contributed by atoms with van der Waals surface area (Å²) < 4.78 is 13.1. The highest BCUT2D eigenvalue weighted by molar-refractivity contribution is 9.09. The van der Waals surface area contributed by atoms with Crippen LogP contribution < -0.4 is 0 Å². The van der Waals surface area contributed by atoms with E-state index in [9.17, 15) is 4.39 Å². The molecule has 0 fully saturated rings. The highest BCUT2D eigenvalue weighted by atomic mass is 79.9. The summed E-state index contributed by atoms with van der Waals surface area (Å²) >= 11 is 3.29. The first-order valence-corrected chi connectivity index (χ1v) is 5.22. The minimum absolute atomic E-state index is 0.267. The SMILES string of the molecule is Cc1ccc(F)c(C=CCCBr)n1. The molecule has 0 saturated heterocycles. The van der Waals surface area contributed by atoms with E-state index >= 15 is 0 Å². The van der Waals surface area contributed by atoms with Gasteiger partial charge in [0.05, 0.1) is 5.69 Å². The first kappa shape index (κ1) is 10.4. The summed E-state index contributed by atoms with van der Waals surface area (Å²) in [6.45, 7) is 1.85. The summed E-state index contributed by atoms with van der Waals surface area (Å²) in [5, 5.41) is 0.886. The zero-order chi connectivity index (χ0) is 9.68. The number of nitrogens with zero attached hydrogens (tertiary/aromatic N) is 1. The first-order chi connectivity index (χ1) is 6.24. The van der Waals surface area contributed by atoms with E-state index in [1.807, 2.05) is 13.0 Å². The van der Waals surface area contributed by atoms with E-state index in [1.54, 1.807) is 12.1 Å². The number of hydrogen-bond donors (Lipinski definition) is 0. The molecule has 0 spiro atoms. The predicted molar refractivity (Wildman–Crippen MR) is 56.4 cm³/mol. The second-order valence-corrected chi connectivity index (χ2v) is 3.49. The number of rotatable bonds is 3. The smallest absolute Gasteiger partial charge is 0.148 e. The molecule has 0 radical (unpaired) electrons. The Bertz CT molecular complexity index is 310. The lowest BCUT2D eigenvalue weighted by Gasteiger charge is -1.97. The van der Waals surface area contributed by atoms with Crippen molar-refractivity contribution >= 4 is 22.0 Å². The van der Waals surface area contributed by atoms with Gasteiger partial charge in [-0.05, 0) is 31.6 Å². The molecule has 1 nitrogen and oxygen atoms in total. The summed E-state index contributed by atoms with van der Waals surface area (Å²) in [6.07, 6.45) is 4.50. The summed E-state index contributed by atoms with van der Waals surface area (Å²) in [6, 6.07) is 3.10. The standard InChI is InChI=1S/C10H11BrFN/c1-8-5-6-9(12)10(13-8)4-2-3-7-11/h2,4-6H,3,7H2,1H3. The second-order valence-electron chi connectivity index (χ2n) is 2.70. The highest BCUT2D eigenvalue weighted by Gasteiger charge is 1.98. The van der Waals surface area contributed by atoms with Crippen molar-refractivity contribution in [1.82, 2.24) is 4.98 Å². The number of allylic oxidation sites excluding steroid dienone is 1. The number of alkyl halides is 1. The van der Waals surface area contributed by atoms with Crippen LogP contribution in [0.15, 0.2) is 18.2 Å². The molecular formula is C10H11BrFN. The molecule has 3 heteroatoms. The molecule has 70 valence electrons. The quantitative estimate of drug-likeness (QED) is 0.743. The van der Waals surface area contributed by atoms with Gasteiger partial charge in [-0.2, -0.15) is 0 Å². The van der Waals surface area contributed by atoms with Crippen LogP contribution in [-0.2, 0) is 0 Å². The fraction of sp³-hybridized carbons (Fsp3) is 0.300. The molecule has 13 heavy (non-hydrogen) atoms. The van der Waals surface area contributed by atoms with Crippen molar-refractivity contribution in [2.75, 3.05) is 5.33 Å². The molecule has 0 atom stereocenters. The monoisotopic (exact) mass is 243 g/mol. The Morgan fingerprint density at radius 3 is 3.00 bits per heavy atom. The van der Waals surface area contributed by atoms with Crippen molar-refractivity contribution in [3.05, 3.63) is 35.4 Å². The van der Waals surface area contributed by atoms with Crippen LogP contribution in [0.2, 0.25) is 0 Å². The molecule has 0 aliphatic rings. The van der Waals surface area contributed by atoms with Gasteiger partial charge in [0.25, 0.3) is 0 Å². The zero-order valence-electron chi connectivity index (χ0n) is 7.43. The molecule has 1 aromatic heterocycles. The van der Waals surface area contributed by atoms with Crippen LogP contribution in [0.3, 0.4) is 0 Å². The van der Waals surface area contributed by atoms with E-state index in [0.717, 1.165) is 17.4 Å². The van der Waals surface area contributed by atoms with E-state index in [4.69, 9.17) is 0 Å². The average Bonchev–Trinajstić information content (AvgIpc) is 2.11. The van der Waals surface area contributed by atoms with Crippen molar-refractivity contribution < 1.29 is 4.39 Å². The van der Waals surface area contributed by atoms with Gasteiger partial charge in [-0.3, -0.25) is 4.98 Å². The van der Waals surface area contributed by atoms with Crippen molar-refractivity contribution in [3.8, 4) is 0 Å². The van der Waals surface area contributed by atoms with Crippen LogP contribution >= 0.6 is 15.9 Å². The van der Waals surface area contributed by atoms with Gasteiger partial charge >= 0.3 is 0 Å². The molecule has 0 N–H and O–H groups in total. The van der Waals surface area contributed by atoms with Gasteiger partial charge in [0.2, 0.25) is 0 Å². The van der Waals surface area contributed by atoms with Gasteiger partial charge in [-0.1, -0.05) is 22.0 Å². The minimum atomic E-state index is -0.267. The van der Waals surface area contributed by atoms with Crippen LogP contribution in [0.25, 0.3) is 6.08 Å². The van der Waals surface area contributed by atoms with Gasteiger partial charge < -0.3 is 0 Å². The van der Waals surface area contributed by atoms with Gasteiger partial charge in [0.1, 0.15) is 5.82 Å². The molecule has 0 amide bonds. The number of pyridine rings is 1. The number of aromatic nitrogens is 1. The number of hydrogen-bond acceptors (Lipinski definition) is 1. The molecule has 1 heterocycles. The lowest BCUT2D eigenvalue weighted by molar-refractivity contribution is 0.616. The Labute approximate surface area is 85.8 Å². The number of aryl methyl sites for hydroxylation is 1. The van der Waals surface area contributed by atoms with Crippen LogP contribution in [-0.4, -0.2) is 10.3 Å². The topological polar surface area (TPSA) is 12.9 Å². The normalized spacial score (nSPS) is 11.0. The second kappa shape index (κ2) is 5.12. The van der Waals surface area contributed by atoms with E-state index < -0.39 is 0 Å². The molecule has 0 saturated carbocycles. The number of halogens is 2. The molecule has 1 rings (SSSR count). The van der Waals surface area contributed by atoms with Crippen LogP contribution in [0, 0.1) is 12.7 Å². The van der Waals surface area contributed by atoms with E-state index in [-0.39, 0.29) is 5.82 Å². The van der Waals surface area contributed by atoms with Crippen molar-refractivity contribution in [1.29, 1.82) is 0 Å².